The molecule has 0 bridgehead atoms. The average molecular weight is 506 g/mol. The molecule has 1 atom stereocenters. The number of aromatic nitrogens is 1. The second-order valence-electron chi connectivity index (χ2n) is 9.78. The van der Waals surface area contributed by atoms with Gasteiger partial charge in [-0.15, -0.1) is 0 Å². The van der Waals surface area contributed by atoms with E-state index in [1.165, 1.54) is 11.3 Å². The maximum Gasteiger partial charge on any atom is 0.408 e. The molecule has 192 valence electrons. The molecule has 35 heavy (non-hydrogen) atoms. The monoisotopic (exact) mass is 505 g/mol. The van der Waals surface area contributed by atoms with Crippen LogP contribution in [0.4, 0.5) is 15.6 Å². The number of hydrogen-bond donors (Lipinski definition) is 3. The summed E-state index contributed by atoms with van der Waals surface area (Å²) in [7, 11) is 1.61. The van der Waals surface area contributed by atoms with E-state index < -0.39 is 17.7 Å². The Morgan fingerprint density at radius 3 is 2.60 bits per heavy atom. The largest absolute Gasteiger partial charge is 0.494 e. The lowest BCUT2D eigenvalue weighted by molar-refractivity contribution is -0.119. The number of rotatable bonds is 6. The third-order valence-corrected chi connectivity index (χ3v) is 7.09. The van der Waals surface area contributed by atoms with Crippen molar-refractivity contribution in [2.24, 2.45) is 5.92 Å². The lowest BCUT2D eigenvalue weighted by Crippen LogP contribution is -2.52. The average Bonchev–Trinajstić information content (AvgIpc) is 3.25. The number of fused-ring (bicyclic) bond motifs is 1. The molecule has 4 rings (SSSR count). The SMILES string of the molecule is COc1ccc(N2CCOCC2)c2sc(NC(=O)C(NC(=O)OC(C)(C)C)C3CCNCC3)nc12. The van der Waals surface area contributed by atoms with Gasteiger partial charge >= 0.3 is 6.09 Å². The summed E-state index contributed by atoms with van der Waals surface area (Å²) in [6.45, 7) is 9.91. The molecule has 2 aliphatic rings. The van der Waals surface area contributed by atoms with E-state index in [2.05, 4.69) is 20.9 Å². The summed E-state index contributed by atoms with van der Waals surface area (Å²) in [5.41, 5.74) is 1.10. The fraction of sp³-hybridized carbons (Fsp3) is 0.625. The predicted octanol–water partition coefficient (Wildman–Crippen LogP) is 2.97. The molecular weight excluding hydrogens is 470 g/mol. The van der Waals surface area contributed by atoms with Crippen LogP contribution in [0.3, 0.4) is 0 Å². The molecule has 0 spiro atoms. The predicted molar refractivity (Wildman–Crippen MR) is 137 cm³/mol. The number of carbonyl (C=O) groups is 2. The van der Waals surface area contributed by atoms with Gasteiger partial charge in [-0.25, -0.2) is 9.78 Å². The summed E-state index contributed by atoms with van der Waals surface area (Å²) in [4.78, 5) is 32.9. The second kappa shape index (κ2) is 11.0. The Hall–Kier alpha value is -2.63. The van der Waals surface area contributed by atoms with E-state index in [-0.39, 0.29) is 11.8 Å². The molecule has 1 aromatic heterocycles. The first-order chi connectivity index (χ1) is 16.7. The number of hydrogen-bond acceptors (Lipinski definition) is 9. The minimum atomic E-state index is -0.723. The number of methoxy groups -OCH3 is 1. The Labute approximate surface area is 209 Å². The van der Waals surface area contributed by atoms with Crippen LogP contribution >= 0.6 is 11.3 Å². The van der Waals surface area contributed by atoms with Gasteiger partial charge < -0.3 is 35.1 Å². The van der Waals surface area contributed by atoms with Crippen molar-refractivity contribution in [1.82, 2.24) is 15.6 Å². The number of carbonyl (C=O) groups excluding carboxylic acids is 2. The second-order valence-corrected chi connectivity index (χ2v) is 10.8. The van der Waals surface area contributed by atoms with Crippen molar-refractivity contribution in [1.29, 1.82) is 0 Å². The van der Waals surface area contributed by atoms with E-state index in [0.29, 0.717) is 29.6 Å². The van der Waals surface area contributed by atoms with Crippen LogP contribution in [0.25, 0.3) is 10.2 Å². The van der Waals surface area contributed by atoms with Crippen LogP contribution in [0.15, 0.2) is 12.1 Å². The van der Waals surface area contributed by atoms with Gasteiger partial charge in [-0.2, -0.15) is 0 Å². The highest BCUT2D eigenvalue weighted by Crippen LogP contribution is 2.39. The molecule has 0 saturated carbocycles. The number of piperidine rings is 1. The van der Waals surface area contributed by atoms with Gasteiger partial charge in [0, 0.05) is 13.1 Å². The summed E-state index contributed by atoms with van der Waals surface area (Å²) in [5.74, 6) is 0.348. The third kappa shape index (κ3) is 6.33. The van der Waals surface area contributed by atoms with E-state index in [1.54, 1.807) is 27.9 Å². The number of anilines is 2. The Bertz CT molecular complexity index is 1040. The van der Waals surface area contributed by atoms with Crippen LogP contribution in [0.2, 0.25) is 0 Å². The highest BCUT2D eigenvalue weighted by atomic mass is 32.1. The molecule has 1 unspecified atom stereocenters. The molecule has 2 aliphatic heterocycles. The number of amides is 2. The van der Waals surface area contributed by atoms with Crippen LogP contribution in [-0.2, 0) is 14.3 Å². The first-order valence-electron chi connectivity index (χ1n) is 12.1. The van der Waals surface area contributed by atoms with Crippen molar-refractivity contribution in [3.05, 3.63) is 12.1 Å². The minimum absolute atomic E-state index is 0.00315. The van der Waals surface area contributed by atoms with E-state index in [0.717, 1.165) is 49.4 Å². The minimum Gasteiger partial charge on any atom is -0.494 e. The van der Waals surface area contributed by atoms with Crippen molar-refractivity contribution >= 4 is 44.4 Å². The van der Waals surface area contributed by atoms with E-state index in [4.69, 9.17) is 19.2 Å². The first kappa shape index (κ1) is 25.5. The van der Waals surface area contributed by atoms with E-state index in [9.17, 15) is 9.59 Å². The number of thiazole rings is 1. The molecule has 2 amide bonds. The summed E-state index contributed by atoms with van der Waals surface area (Å²) < 4.78 is 17.4. The molecule has 3 N–H and O–H groups in total. The Morgan fingerprint density at radius 1 is 1.23 bits per heavy atom. The summed E-state index contributed by atoms with van der Waals surface area (Å²) in [6.07, 6.45) is 0.961. The molecule has 2 fully saturated rings. The highest BCUT2D eigenvalue weighted by Gasteiger charge is 2.33. The normalized spacial score (nSPS) is 18.2. The van der Waals surface area contributed by atoms with Crippen molar-refractivity contribution in [2.75, 3.05) is 56.7 Å². The van der Waals surface area contributed by atoms with Crippen LogP contribution in [0, 0.1) is 5.92 Å². The zero-order valence-corrected chi connectivity index (χ0v) is 21.6. The molecule has 3 heterocycles. The van der Waals surface area contributed by atoms with Crippen LogP contribution in [-0.4, -0.2) is 75.1 Å². The van der Waals surface area contributed by atoms with Gasteiger partial charge in [-0.3, -0.25) is 4.79 Å². The molecule has 10 nitrogen and oxygen atoms in total. The third-order valence-electron chi connectivity index (χ3n) is 6.10. The quantitative estimate of drug-likeness (QED) is 0.549. The maximum atomic E-state index is 13.4. The zero-order chi connectivity index (χ0) is 25.0. The Kier molecular flexibility index (Phi) is 7.98. The van der Waals surface area contributed by atoms with Gasteiger partial charge in [0.05, 0.1) is 30.7 Å². The number of nitrogens with one attached hydrogen (secondary N) is 3. The Morgan fingerprint density at radius 2 is 1.94 bits per heavy atom. The molecule has 1 aromatic carbocycles. The van der Waals surface area contributed by atoms with Gasteiger partial charge in [0.2, 0.25) is 5.91 Å². The smallest absolute Gasteiger partial charge is 0.408 e. The van der Waals surface area contributed by atoms with Gasteiger partial charge in [0.15, 0.2) is 5.13 Å². The number of benzene rings is 1. The molecule has 2 aromatic rings. The number of morpholine rings is 1. The van der Waals surface area contributed by atoms with Crippen LogP contribution < -0.4 is 25.6 Å². The molecule has 2 saturated heterocycles. The van der Waals surface area contributed by atoms with Gasteiger partial charge in [-0.1, -0.05) is 11.3 Å². The number of alkyl carbamates (subject to hydrolysis) is 1. The summed E-state index contributed by atoms with van der Waals surface area (Å²) in [5, 5.41) is 9.54. The molecule has 0 aliphatic carbocycles. The topological polar surface area (TPSA) is 114 Å². The Balaban J connectivity index is 1.58. The number of ether oxygens (including phenoxy) is 3. The lowest BCUT2D eigenvalue weighted by Gasteiger charge is -2.31. The van der Waals surface area contributed by atoms with Crippen molar-refractivity contribution in [3.63, 3.8) is 0 Å². The highest BCUT2D eigenvalue weighted by molar-refractivity contribution is 7.23. The first-order valence-corrected chi connectivity index (χ1v) is 12.9. The van der Waals surface area contributed by atoms with Crippen molar-refractivity contribution < 1.29 is 23.8 Å². The number of nitrogens with zero attached hydrogens (tertiary/aromatic N) is 2. The molecule has 11 heteroatoms. The fourth-order valence-corrected chi connectivity index (χ4v) is 5.46. The van der Waals surface area contributed by atoms with E-state index >= 15 is 0 Å². The van der Waals surface area contributed by atoms with Crippen LogP contribution in [0.5, 0.6) is 5.75 Å². The molecule has 0 radical (unpaired) electrons. The summed E-state index contributed by atoms with van der Waals surface area (Å²) >= 11 is 1.41. The zero-order valence-electron chi connectivity index (χ0n) is 20.8. The van der Waals surface area contributed by atoms with Crippen LogP contribution in [0.1, 0.15) is 33.6 Å². The lowest BCUT2D eigenvalue weighted by atomic mass is 9.89. The van der Waals surface area contributed by atoms with Gasteiger partial charge in [0.1, 0.15) is 22.9 Å². The van der Waals surface area contributed by atoms with Gasteiger partial charge in [-0.05, 0) is 64.8 Å². The standard InChI is InChI=1S/C24H35N5O5S/c1-24(2,3)34-23(31)27-18(15-7-9-25-10-8-15)21(30)28-22-26-19-17(32-4)6-5-16(20(19)35-22)29-11-13-33-14-12-29/h5-6,15,18,25H,7-14H2,1-4H3,(H,27,31)(H,26,28,30). The molecular formula is C24H35N5O5S. The fourth-order valence-electron chi connectivity index (χ4n) is 4.43. The van der Waals surface area contributed by atoms with Crippen molar-refractivity contribution in [2.45, 2.75) is 45.3 Å². The van der Waals surface area contributed by atoms with Crippen molar-refractivity contribution in [3.8, 4) is 5.75 Å². The van der Waals surface area contributed by atoms with E-state index in [1.807, 2.05) is 12.1 Å². The van der Waals surface area contributed by atoms with Gasteiger partial charge in [0.25, 0.3) is 0 Å². The summed E-state index contributed by atoms with van der Waals surface area (Å²) in [6, 6.07) is 3.21. The maximum absolute atomic E-state index is 13.4.